The van der Waals surface area contributed by atoms with Gasteiger partial charge in [0.25, 0.3) is 0 Å². The minimum atomic E-state index is 0.166. The van der Waals surface area contributed by atoms with E-state index in [2.05, 4.69) is 42.4 Å². The summed E-state index contributed by atoms with van der Waals surface area (Å²) in [6, 6.07) is 15.6. The Morgan fingerprint density at radius 3 is 2.54 bits per heavy atom. The molecule has 0 atom stereocenters. The summed E-state index contributed by atoms with van der Waals surface area (Å²) < 4.78 is 5.84. The van der Waals surface area contributed by atoms with E-state index in [4.69, 9.17) is 28.2 Å². The molecule has 0 amide bonds. The fourth-order valence-electron chi connectivity index (χ4n) is 2.80. The molecule has 0 unspecified atom stereocenters. The van der Waals surface area contributed by atoms with Crippen LogP contribution in [-0.4, -0.2) is 26.3 Å². The Hall–Kier alpha value is -2.44. The second-order valence-electron chi connectivity index (χ2n) is 6.67. The van der Waals surface area contributed by atoms with E-state index in [0.29, 0.717) is 28.5 Å². The van der Waals surface area contributed by atoms with Crippen LogP contribution in [0, 0.1) is 0 Å². The van der Waals surface area contributed by atoms with Gasteiger partial charge in [0.2, 0.25) is 11.8 Å². The zero-order valence-corrected chi connectivity index (χ0v) is 17.7. The van der Waals surface area contributed by atoms with Gasteiger partial charge in [-0.15, -0.1) is 10.2 Å². The van der Waals surface area contributed by atoms with Crippen molar-refractivity contribution in [3.05, 3.63) is 65.0 Å². The van der Waals surface area contributed by atoms with E-state index in [9.17, 15) is 0 Å². The lowest BCUT2D eigenvalue weighted by molar-refractivity contribution is 0.309. The standard InChI is InChI=1S/C21H23ClN4OS/c1-4-15-7-5-6-8-18(15)23-21(28)26(14(2)3)13-19-24-25-20(27-19)16-9-11-17(22)12-10-16/h5-12,14H,4,13H2,1-3H3,(H,23,28). The van der Waals surface area contributed by atoms with Crippen molar-refractivity contribution in [3.8, 4) is 11.5 Å². The van der Waals surface area contributed by atoms with Crippen molar-refractivity contribution in [3.63, 3.8) is 0 Å². The predicted molar refractivity (Wildman–Crippen MR) is 117 cm³/mol. The third-order valence-corrected chi connectivity index (χ3v) is 4.98. The first kappa shape index (κ1) is 20.3. The molecule has 1 heterocycles. The number of benzene rings is 2. The summed E-state index contributed by atoms with van der Waals surface area (Å²) >= 11 is 11.6. The molecule has 146 valence electrons. The van der Waals surface area contributed by atoms with Crippen LogP contribution in [0.25, 0.3) is 11.5 Å². The maximum absolute atomic E-state index is 5.94. The van der Waals surface area contributed by atoms with Gasteiger partial charge in [0.1, 0.15) is 0 Å². The number of para-hydroxylation sites is 1. The summed E-state index contributed by atoms with van der Waals surface area (Å²) in [5.74, 6) is 0.970. The third-order valence-electron chi connectivity index (χ3n) is 4.39. The highest BCUT2D eigenvalue weighted by Gasteiger charge is 2.19. The van der Waals surface area contributed by atoms with Crippen LogP contribution in [0.4, 0.5) is 5.69 Å². The highest BCUT2D eigenvalue weighted by Crippen LogP contribution is 2.22. The number of aromatic nitrogens is 2. The molecule has 0 aliphatic carbocycles. The predicted octanol–water partition coefficient (Wildman–Crippen LogP) is 5.56. The first-order valence-electron chi connectivity index (χ1n) is 9.21. The fraction of sp³-hybridized carbons (Fsp3) is 0.286. The Kier molecular flexibility index (Phi) is 6.65. The summed E-state index contributed by atoms with van der Waals surface area (Å²) in [5, 5.41) is 13.0. The van der Waals surface area contributed by atoms with E-state index < -0.39 is 0 Å². The molecule has 1 aromatic heterocycles. The number of hydrogen-bond acceptors (Lipinski definition) is 4. The summed E-state index contributed by atoms with van der Waals surface area (Å²) in [7, 11) is 0. The maximum Gasteiger partial charge on any atom is 0.247 e. The van der Waals surface area contributed by atoms with Crippen molar-refractivity contribution in [1.29, 1.82) is 0 Å². The van der Waals surface area contributed by atoms with Crippen LogP contribution in [-0.2, 0) is 13.0 Å². The quantitative estimate of drug-likeness (QED) is 0.533. The molecule has 0 aliphatic heterocycles. The van der Waals surface area contributed by atoms with Crippen molar-refractivity contribution in [2.45, 2.75) is 39.8 Å². The number of aryl methyl sites for hydroxylation is 1. The van der Waals surface area contributed by atoms with E-state index in [-0.39, 0.29) is 6.04 Å². The van der Waals surface area contributed by atoms with Gasteiger partial charge in [-0.3, -0.25) is 0 Å². The van der Waals surface area contributed by atoms with Crippen LogP contribution in [0.5, 0.6) is 0 Å². The molecule has 2 aromatic carbocycles. The molecule has 7 heteroatoms. The van der Waals surface area contributed by atoms with Crippen molar-refractivity contribution >= 4 is 34.6 Å². The molecule has 28 heavy (non-hydrogen) atoms. The molecule has 0 spiro atoms. The minimum Gasteiger partial charge on any atom is -0.419 e. The lowest BCUT2D eigenvalue weighted by atomic mass is 10.1. The van der Waals surface area contributed by atoms with Gasteiger partial charge in [0.05, 0.1) is 6.54 Å². The van der Waals surface area contributed by atoms with E-state index in [1.54, 1.807) is 12.1 Å². The molecule has 3 rings (SSSR count). The number of halogens is 1. The number of rotatable bonds is 6. The Balaban J connectivity index is 1.74. The molecule has 0 fully saturated rings. The van der Waals surface area contributed by atoms with Crippen LogP contribution in [0.15, 0.2) is 52.9 Å². The van der Waals surface area contributed by atoms with Crippen molar-refractivity contribution in [2.75, 3.05) is 5.32 Å². The largest absolute Gasteiger partial charge is 0.419 e. The SMILES string of the molecule is CCc1ccccc1NC(=S)N(Cc1nnc(-c2ccc(Cl)cc2)o1)C(C)C. The van der Waals surface area contributed by atoms with Gasteiger partial charge >= 0.3 is 0 Å². The van der Waals surface area contributed by atoms with Crippen LogP contribution >= 0.6 is 23.8 Å². The minimum absolute atomic E-state index is 0.166. The van der Waals surface area contributed by atoms with E-state index in [1.165, 1.54) is 5.56 Å². The average Bonchev–Trinajstić information content (AvgIpc) is 3.15. The fourth-order valence-corrected chi connectivity index (χ4v) is 3.31. The molecule has 0 saturated carbocycles. The highest BCUT2D eigenvalue weighted by molar-refractivity contribution is 7.80. The Morgan fingerprint density at radius 2 is 1.86 bits per heavy atom. The molecular weight excluding hydrogens is 392 g/mol. The number of nitrogens with zero attached hydrogens (tertiary/aromatic N) is 3. The lowest BCUT2D eigenvalue weighted by Gasteiger charge is -2.28. The zero-order chi connectivity index (χ0) is 20.1. The molecular formula is C21H23ClN4OS. The first-order chi connectivity index (χ1) is 13.5. The van der Waals surface area contributed by atoms with E-state index >= 15 is 0 Å². The smallest absolute Gasteiger partial charge is 0.247 e. The number of hydrogen-bond donors (Lipinski definition) is 1. The number of thiocarbonyl (C=S) groups is 1. The summed E-state index contributed by atoms with van der Waals surface area (Å²) in [4.78, 5) is 2.03. The van der Waals surface area contributed by atoms with Gasteiger partial charge < -0.3 is 14.6 Å². The molecule has 3 aromatic rings. The molecule has 0 radical (unpaired) electrons. The van der Waals surface area contributed by atoms with Crippen LogP contribution < -0.4 is 5.32 Å². The molecule has 0 aliphatic rings. The topological polar surface area (TPSA) is 54.2 Å². The van der Waals surface area contributed by atoms with Gasteiger partial charge in [-0.05, 0) is 68.4 Å². The van der Waals surface area contributed by atoms with E-state index in [0.717, 1.165) is 17.7 Å². The lowest BCUT2D eigenvalue weighted by Crippen LogP contribution is -2.39. The van der Waals surface area contributed by atoms with Gasteiger partial charge in [-0.2, -0.15) is 0 Å². The van der Waals surface area contributed by atoms with Crippen molar-refractivity contribution in [1.82, 2.24) is 15.1 Å². The van der Waals surface area contributed by atoms with Crippen molar-refractivity contribution in [2.24, 2.45) is 0 Å². The Bertz CT molecular complexity index is 940. The van der Waals surface area contributed by atoms with Gasteiger partial charge in [-0.1, -0.05) is 36.7 Å². The number of nitrogens with one attached hydrogen (secondary N) is 1. The summed E-state index contributed by atoms with van der Waals surface area (Å²) in [6.45, 7) is 6.71. The second-order valence-corrected chi connectivity index (χ2v) is 7.49. The van der Waals surface area contributed by atoms with Gasteiger partial charge in [0, 0.05) is 22.3 Å². The van der Waals surface area contributed by atoms with Gasteiger partial charge in [-0.25, -0.2) is 0 Å². The molecule has 1 N–H and O–H groups in total. The second kappa shape index (κ2) is 9.17. The van der Waals surface area contributed by atoms with Gasteiger partial charge in [0.15, 0.2) is 5.11 Å². The summed E-state index contributed by atoms with van der Waals surface area (Å²) in [6.07, 6.45) is 0.932. The maximum atomic E-state index is 5.94. The monoisotopic (exact) mass is 414 g/mol. The van der Waals surface area contributed by atoms with E-state index in [1.807, 2.05) is 35.2 Å². The highest BCUT2D eigenvalue weighted by atomic mass is 35.5. The molecule has 0 saturated heterocycles. The normalized spacial score (nSPS) is 10.9. The third kappa shape index (κ3) is 4.88. The van der Waals surface area contributed by atoms with Crippen molar-refractivity contribution < 1.29 is 4.42 Å². The number of anilines is 1. The van der Waals surface area contributed by atoms with Crippen LogP contribution in [0.2, 0.25) is 5.02 Å². The molecule has 5 nitrogen and oxygen atoms in total. The Labute approximate surface area is 175 Å². The van der Waals surface area contributed by atoms with Crippen LogP contribution in [0.1, 0.15) is 32.2 Å². The van der Waals surface area contributed by atoms with Crippen LogP contribution in [0.3, 0.4) is 0 Å². The first-order valence-corrected chi connectivity index (χ1v) is 10.0. The summed E-state index contributed by atoms with van der Waals surface area (Å²) in [5.41, 5.74) is 3.07. The zero-order valence-electron chi connectivity index (χ0n) is 16.1. The molecule has 0 bridgehead atoms. The Morgan fingerprint density at radius 1 is 1.14 bits per heavy atom. The average molecular weight is 415 g/mol.